The van der Waals surface area contributed by atoms with E-state index in [1.54, 1.807) is 17.0 Å². The molecule has 2 aromatic carbocycles. The highest BCUT2D eigenvalue weighted by molar-refractivity contribution is 9.10. The van der Waals surface area contributed by atoms with Crippen LogP contribution in [0.15, 0.2) is 51.8 Å². The molecule has 0 atom stereocenters. The minimum atomic E-state index is -0.0896. The number of nitriles is 1. The van der Waals surface area contributed by atoms with Gasteiger partial charge in [0.15, 0.2) is 0 Å². The predicted octanol–water partition coefficient (Wildman–Crippen LogP) is 5.12. The van der Waals surface area contributed by atoms with E-state index in [4.69, 9.17) is 17.0 Å². The second-order valence-electron chi connectivity index (χ2n) is 5.67. The van der Waals surface area contributed by atoms with Gasteiger partial charge in [-0.2, -0.15) is 5.26 Å². The SMILES string of the molecule is CCN1C(=O)/C(=C/c2cc(Br)ccc2OCc2ccccc2C#N)SC1=S. The number of hydrogen-bond donors (Lipinski definition) is 0. The molecular weight excluding hydrogens is 444 g/mol. The lowest BCUT2D eigenvalue weighted by molar-refractivity contribution is -0.121. The lowest BCUT2D eigenvalue weighted by Gasteiger charge is -2.12. The van der Waals surface area contributed by atoms with Gasteiger partial charge in [-0.1, -0.05) is 58.1 Å². The van der Waals surface area contributed by atoms with Crippen LogP contribution in [0.3, 0.4) is 0 Å². The number of thioether (sulfide) groups is 1. The summed E-state index contributed by atoms with van der Waals surface area (Å²) in [6.45, 7) is 2.71. The zero-order valence-electron chi connectivity index (χ0n) is 14.4. The minimum Gasteiger partial charge on any atom is -0.488 e. The Morgan fingerprint density at radius 2 is 2.11 bits per heavy atom. The molecule has 3 rings (SSSR count). The Hall–Kier alpha value is -2.14. The molecule has 0 N–H and O–H groups in total. The Morgan fingerprint density at radius 1 is 1.33 bits per heavy atom. The third-order valence-corrected chi connectivity index (χ3v) is 5.84. The molecule has 7 heteroatoms. The number of amides is 1. The Kier molecular flexibility index (Phi) is 6.32. The minimum absolute atomic E-state index is 0.0896. The van der Waals surface area contributed by atoms with E-state index < -0.39 is 0 Å². The van der Waals surface area contributed by atoms with Crippen molar-refractivity contribution < 1.29 is 9.53 Å². The van der Waals surface area contributed by atoms with Crippen LogP contribution >= 0.6 is 39.9 Å². The lowest BCUT2D eigenvalue weighted by Crippen LogP contribution is -2.27. The van der Waals surface area contributed by atoms with Crippen molar-refractivity contribution in [2.24, 2.45) is 0 Å². The van der Waals surface area contributed by atoms with Crippen molar-refractivity contribution in [3.63, 3.8) is 0 Å². The Morgan fingerprint density at radius 3 is 2.81 bits per heavy atom. The van der Waals surface area contributed by atoms with E-state index in [2.05, 4.69) is 22.0 Å². The molecule has 136 valence electrons. The van der Waals surface area contributed by atoms with Crippen LogP contribution in [0.1, 0.15) is 23.6 Å². The topological polar surface area (TPSA) is 53.3 Å². The monoisotopic (exact) mass is 458 g/mol. The van der Waals surface area contributed by atoms with Gasteiger partial charge < -0.3 is 4.74 Å². The number of thiocarbonyl (C=S) groups is 1. The van der Waals surface area contributed by atoms with E-state index in [0.29, 0.717) is 27.1 Å². The number of hydrogen-bond acceptors (Lipinski definition) is 5. The van der Waals surface area contributed by atoms with Gasteiger partial charge in [0.2, 0.25) is 0 Å². The fourth-order valence-corrected chi connectivity index (χ4v) is 4.34. The molecule has 0 aromatic heterocycles. The second kappa shape index (κ2) is 8.70. The molecule has 0 unspecified atom stereocenters. The second-order valence-corrected chi connectivity index (χ2v) is 8.26. The summed E-state index contributed by atoms with van der Waals surface area (Å²) in [6, 6.07) is 15.1. The van der Waals surface area contributed by atoms with Crippen molar-refractivity contribution in [3.8, 4) is 11.8 Å². The largest absolute Gasteiger partial charge is 0.488 e. The number of likely N-dealkylation sites (N-methyl/N-ethyl adjacent to an activating group) is 1. The number of carbonyl (C=O) groups is 1. The van der Waals surface area contributed by atoms with Crippen LogP contribution in [0.25, 0.3) is 6.08 Å². The molecule has 4 nitrogen and oxygen atoms in total. The van der Waals surface area contributed by atoms with E-state index in [1.807, 2.05) is 43.3 Å². The van der Waals surface area contributed by atoms with Crippen LogP contribution in [0.4, 0.5) is 0 Å². The summed E-state index contributed by atoms with van der Waals surface area (Å²) in [5, 5.41) is 9.22. The van der Waals surface area contributed by atoms with Crippen molar-refractivity contribution in [1.82, 2.24) is 4.90 Å². The van der Waals surface area contributed by atoms with Crippen molar-refractivity contribution >= 4 is 56.2 Å². The molecule has 0 spiro atoms. The van der Waals surface area contributed by atoms with E-state index in [-0.39, 0.29) is 12.5 Å². The van der Waals surface area contributed by atoms with Gasteiger partial charge in [0.25, 0.3) is 5.91 Å². The molecule has 27 heavy (non-hydrogen) atoms. The number of benzene rings is 2. The van der Waals surface area contributed by atoms with Crippen molar-refractivity contribution in [2.75, 3.05) is 6.54 Å². The Labute approximate surface area is 175 Å². The highest BCUT2D eigenvalue weighted by atomic mass is 79.9. The summed E-state index contributed by atoms with van der Waals surface area (Å²) in [4.78, 5) is 14.6. The summed E-state index contributed by atoms with van der Waals surface area (Å²) in [7, 11) is 0. The molecule has 1 saturated heterocycles. The van der Waals surface area contributed by atoms with Gasteiger partial charge in [-0.05, 0) is 37.3 Å². The Bertz CT molecular complexity index is 982. The van der Waals surface area contributed by atoms with Crippen LogP contribution in [0.2, 0.25) is 0 Å². The predicted molar refractivity (Wildman–Crippen MR) is 115 cm³/mol. The van der Waals surface area contributed by atoms with Crippen LogP contribution < -0.4 is 4.74 Å². The van der Waals surface area contributed by atoms with E-state index in [9.17, 15) is 10.1 Å². The smallest absolute Gasteiger partial charge is 0.266 e. The van der Waals surface area contributed by atoms with E-state index in [0.717, 1.165) is 15.6 Å². The molecule has 1 heterocycles. The standard InChI is InChI=1S/C20H15BrN2O2S2/c1-2-23-19(24)18(27-20(23)26)10-15-9-16(21)7-8-17(15)25-12-14-6-4-3-5-13(14)11-22/h3-10H,2,12H2,1H3/b18-10-. The molecule has 0 radical (unpaired) electrons. The van der Waals surface area contributed by atoms with Crippen LogP contribution in [-0.4, -0.2) is 21.7 Å². The molecule has 1 amide bonds. The number of rotatable bonds is 5. The van der Waals surface area contributed by atoms with Crippen LogP contribution in [-0.2, 0) is 11.4 Å². The van der Waals surface area contributed by atoms with Crippen molar-refractivity contribution in [1.29, 1.82) is 5.26 Å². The van der Waals surface area contributed by atoms with E-state index >= 15 is 0 Å². The molecule has 2 aromatic rings. The van der Waals surface area contributed by atoms with Gasteiger partial charge in [-0.3, -0.25) is 9.69 Å². The number of ether oxygens (including phenoxy) is 1. The number of halogens is 1. The molecule has 1 aliphatic rings. The molecule has 0 saturated carbocycles. The summed E-state index contributed by atoms with van der Waals surface area (Å²) >= 11 is 10.0. The van der Waals surface area contributed by atoms with Gasteiger partial charge in [-0.15, -0.1) is 0 Å². The van der Waals surface area contributed by atoms with Gasteiger partial charge in [0, 0.05) is 22.1 Å². The van der Waals surface area contributed by atoms with Crippen molar-refractivity contribution in [3.05, 3.63) is 68.5 Å². The summed E-state index contributed by atoms with van der Waals surface area (Å²) < 4.78 is 7.41. The zero-order chi connectivity index (χ0) is 19.4. The highest BCUT2D eigenvalue weighted by Crippen LogP contribution is 2.35. The normalized spacial score (nSPS) is 15.3. The van der Waals surface area contributed by atoms with Crippen LogP contribution in [0, 0.1) is 11.3 Å². The molecule has 0 aliphatic carbocycles. The fourth-order valence-electron chi connectivity index (χ4n) is 2.59. The average molecular weight is 459 g/mol. The molecule has 1 fully saturated rings. The van der Waals surface area contributed by atoms with E-state index in [1.165, 1.54) is 11.8 Å². The number of nitrogens with zero attached hydrogens (tertiary/aromatic N) is 2. The molecule has 1 aliphatic heterocycles. The molecule has 0 bridgehead atoms. The maximum absolute atomic E-state index is 12.5. The first-order chi connectivity index (χ1) is 13.0. The first kappa shape index (κ1) is 19.6. The van der Waals surface area contributed by atoms with Crippen molar-refractivity contribution in [2.45, 2.75) is 13.5 Å². The van der Waals surface area contributed by atoms with Gasteiger partial charge in [0.1, 0.15) is 16.7 Å². The molecular formula is C20H15BrN2O2S2. The summed E-state index contributed by atoms with van der Waals surface area (Å²) in [6.07, 6.45) is 1.80. The lowest BCUT2D eigenvalue weighted by atomic mass is 10.1. The summed E-state index contributed by atoms with van der Waals surface area (Å²) in [5.41, 5.74) is 2.17. The first-order valence-electron chi connectivity index (χ1n) is 8.19. The highest BCUT2D eigenvalue weighted by Gasteiger charge is 2.30. The summed E-state index contributed by atoms with van der Waals surface area (Å²) in [5.74, 6) is 0.543. The number of carbonyl (C=O) groups excluding carboxylic acids is 1. The fraction of sp³-hybridized carbons (Fsp3) is 0.150. The van der Waals surface area contributed by atoms with Gasteiger partial charge in [-0.25, -0.2) is 0 Å². The van der Waals surface area contributed by atoms with Gasteiger partial charge >= 0.3 is 0 Å². The maximum atomic E-state index is 12.5. The Balaban J connectivity index is 1.88. The first-order valence-corrected chi connectivity index (χ1v) is 10.2. The van der Waals surface area contributed by atoms with Crippen LogP contribution in [0.5, 0.6) is 5.75 Å². The zero-order valence-corrected chi connectivity index (χ0v) is 17.7. The average Bonchev–Trinajstić information content (AvgIpc) is 2.94. The van der Waals surface area contributed by atoms with Gasteiger partial charge in [0.05, 0.1) is 16.5 Å². The maximum Gasteiger partial charge on any atom is 0.266 e. The third kappa shape index (κ3) is 4.41. The third-order valence-electron chi connectivity index (χ3n) is 3.97. The quantitative estimate of drug-likeness (QED) is 0.459.